The number of fused-ring (bicyclic) bond motifs is 1. The van der Waals surface area contributed by atoms with Crippen LogP contribution < -0.4 is 16.4 Å². The van der Waals surface area contributed by atoms with E-state index < -0.39 is 5.91 Å². The summed E-state index contributed by atoms with van der Waals surface area (Å²) >= 11 is 1.05. The van der Waals surface area contributed by atoms with E-state index in [1.807, 2.05) is 0 Å². The van der Waals surface area contributed by atoms with Crippen LogP contribution >= 0.6 is 11.3 Å². The number of amides is 2. The summed E-state index contributed by atoms with van der Waals surface area (Å²) in [6.07, 6.45) is 4.87. The number of nitrogens with two attached hydrogens (primary N) is 1. The van der Waals surface area contributed by atoms with Crippen molar-refractivity contribution < 1.29 is 9.59 Å². The van der Waals surface area contributed by atoms with E-state index in [0.29, 0.717) is 21.7 Å². The number of rotatable bonds is 4. The maximum absolute atomic E-state index is 12.4. The molecule has 0 radical (unpaired) electrons. The van der Waals surface area contributed by atoms with Gasteiger partial charge in [0.05, 0.1) is 11.0 Å². The molecule has 1 aliphatic carbocycles. The molecule has 0 atom stereocenters. The molecule has 1 saturated carbocycles. The van der Waals surface area contributed by atoms with Crippen molar-refractivity contribution in [1.29, 1.82) is 5.41 Å². The standard InChI is InChI=1S/C17H15N7O2S/c18-13(12-14(19)23-17(27-12)24-15(25)8-1-2-8)22-16(26)9-3-4-10-11(7-9)21-6-5-20-10/h3-8H,1-2,19H2,(H2,18,22,26)(H,23,24,25). The van der Waals surface area contributed by atoms with E-state index in [1.54, 1.807) is 30.6 Å². The summed E-state index contributed by atoms with van der Waals surface area (Å²) in [5.74, 6) is -0.622. The van der Waals surface area contributed by atoms with Crippen molar-refractivity contribution in [3.05, 3.63) is 41.0 Å². The van der Waals surface area contributed by atoms with E-state index in [1.165, 1.54) is 0 Å². The molecule has 10 heteroatoms. The van der Waals surface area contributed by atoms with Crippen molar-refractivity contribution >= 4 is 51.0 Å². The maximum atomic E-state index is 12.4. The van der Waals surface area contributed by atoms with Gasteiger partial charge in [-0.25, -0.2) is 4.98 Å². The average molecular weight is 381 g/mol. The molecule has 0 bridgehead atoms. The van der Waals surface area contributed by atoms with E-state index in [9.17, 15) is 9.59 Å². The van der Waals surface area contributed by atoms with Crippen molar-refractivity contribution in [3.8, 4) is 0 Å². The van der Waals surface area contributed by atoms with Gasteiger partial charge < -0.3 is 16.4 Å². The average Bonchev–Trinajstić information content (AvgIpc) is 3.45. The quantitative estimate of drug-likeness (QED) is 0.400. The Morgan fingerprint density at radius 3 is 2.67 bits per heavy atom. The smallest absolute Gasteiger partial charge is 0.256 e. The van der Waals surface area contributed by atoms with Crippen LogP contribution in [-0.4, -0.2) is 32.6 Å². The Kier molecular flexibility index (Phi) is 4.24. The molecule has 2 amide bonds. The minimum Gasteiger partial charge on any atom is -0.382 e. The third-order valence-electron chi connectivity index (χ3n) is 4.03. The molecule has 1 aliphatic rings. The third kappa shape index (κ3) is 3.60. The fourth-order valence-corrected chi connectivity index (χ4v) is 3.26. The number of hydrogen-bond donors (Lipinski definition) is 4. The molecule has 5 N–H and O–H groups in total. The monoisotopic (exact) mass is 381 g/mol. The predicted molar refractivity (Wildman–Crippen MR) is 102 cm³/mol. The second-order valence-electron chi connectivity index (χ2n) is 6.09. The number of carbonyl (C=O) groups excluding carboxylic acids is 2. The minimum absolute atomic E-state index is 0.0359. The van der Waals surface area contributed by atoms with Crippen LogP contribution in [0, 0.1) is 11.3 Å². The van der Waals surface area contributed by atoms with Crippen LogP contribution in [0.5, 0.6) is 0 Å². The first-order chi connectivity index (χ1) is 13.0. The lowest BCUT2D eigenvalue weighted by Crippen LogP contribution is -2.30. The zero-order valence-electron chi connectivity index (χ0n) is 14.0. The molecule has 136 valence electrons. The molecule has 2 aromatic heterocycles. The summed E-state index contributed by atoms with van der Waals surface area (Å²) in [4.78, 5) is 36.9. The van der Waals surface area contributed by atoms with Gasteiger partial charge in [-0.3, -0.25) is 25.0 Å². The maximum Gasteiger partial charge on any atom is 0.256 e. The van der Waals surface area contributed by atoms with Gasteiger partial charge in [-0.05, 0) is 31.0 Å². The number of nitrogens with one attached hydrogen (secondary N) is 3. The summed E-state index contributed by atoms with van der Waals surface area (Å²) in [7, 11) is 0. The van der Waals surface area contributed by atoms with Gasteiger partial charge in [-0.1, -0.05) is 11.3 Å². The minimum atomic E-state index is -0.469. The number of hydrogen-bond acceptors (Lipinski definition) is 8. The predicted octanol–water partition coefficient (Wildman–Crippen LogP) is 1.77. The van der Waals surface area contributed by atoms with Crippen molar-refractivity contribution in [2.75, 3.05) is 11.1 Å². The highest BCUT2D eigenvalue weighted by atomic mass is 32.1. The molecule has 3 aromatic rings. The molecule has 0 spiro atoms. The van der Waals surface area contributed by atoms with Gasteiger partial charge in [-0.15, -0.1) is 0 Å². The van der Waals surface area contributed by atoms with E-state index in [2.05, 4.69) is 25.6 Å². The summed E-state index contributed by atoms with van der Waals surface area (Å²) in [6.45, 7) is 0. The lowest BCUT2D eigenvalue weighted by molar-refractivity contribution is -0.117. The number of carbonyl (C=O) groups is 2. The van der Waals surface area contributed by atoms with Gasteiger partial charge >= 0.3 is 0 Å². The van der Waals surface area contributed by atoms with E-state index >= 15 is 0 Å². The molecule has 2 heterocycles. The van der Waals surface area contributed by atoms with E-state index in [4.69, 9.17) is 11.1 Å². The number of amidine groups is 1. The summed E-state index contributed by atoms with van der Waals surface area (Å²) in [5.41, 5.74) is 7.44. The fourth-order valence-electron chi connectivity index (χ4n) is 2.46. The molecule has 0 saturated heterocycles. The van der Waals surface area contributed by atoms with Crippen LogP contribution in [-0.2, 0) is 4.79 Å². The Hall–Kier alpha value is -3.40. The Balaban J connectivity index is 1.48. The Morgan fingerprint density at radius 1 is 1.19 bits per heavy atom. The van der Waals surface area contributed by atoms with Gasteiger partial charge in [0.1, 0.15) is 16.5 Å². The van der Waals surface area contributed by atoms with Crippen LogP contribution in [0.3, 0.4) is 0 Å². The Morgan fingerprint density at radius 2 is 1.93 bits per heavy atom. The molecule has 0 unspecified atom stereocenters. The first-order valence-electron chi connectivity index (χ1n) is 8.19. The number of aromatic nitrogens is 3. The Labute approximate surface area is 157 Å². The second kappa shape index (κ2) is 6.72. The van der Waals surface area contributed by atoms with Crippen molar-refractivity contribution in [2.45, 2.75) is 12.8 Å². The van der Waals surface area contributed by atoms with Crippen LogP contribution in [0.4, 0.5) is 10.9 Å². The highest BCUT2D eigenvalue weighted by Crippen LogP contribution is 2.32. The normalized spacial score (nSPS) is 13.3. The van der Waals surface area contributed by atoms with Crippen LogP contribution in [0.15, 0.2) is 30.6 Å². The molecule has 27 heavy (non-hydrogen) atoms. The zero-order chi connectivity index (χ0) is 19.0. The first-order valence-corrected chi connectivity index (χ1v) is 9.01. The third-order valence-corrected chi connectivity index (χ3v) is 5.03. The number of nitrogen functional groups attached to an aromatic ring is 1. The number of benzene rings is 1. The largest absolute Gasteiger partial charge is 0.382 e. The molecule has 1 fully saturated rings. The number of nitrogens with zero attached hydrogens (tertiary/aromatic N) is 3. The molecular formula is C17H15N7O2S. The zero-order valence-corrected chi connectivity index (χ0v) is 14.8. The molecular weight excluding hydrogens is 366 g/mol. The van der Waals surface area contributed by atoms with E-state index in [0.717, 1.165) is 24.2 Å². The summed E-state index contributed by atoms with van der Waals surface area (Å²) < 4.78 is 0. The lowest BCUT2D eigenvalue weighted by atomic mass is 10.2. The second-order valence-corrected chi connectivity index (χ2v) is 7.08. The van der Waals surface area contributed by atoms with E-state index in [-0.39, 0.29) is 28.4 Å². The Bertz CT molecular complexity index is 1070. The van der Waals surface area contributed by atoms with Gasteiger partial charge in [0.25, 0.3) is 5.91 Å². The highest BCUT2D eigenvalue weighted by molar-refractivity contribution is 7.18. The summed E-state index contributed by atoms with van der Waals surface area (Å²) in [6, 6.07) is 4.90. The molecule has 1 aromatic carbocycles. The van der Waals surface area contributed by atoms with Crippen LogP contribution in [0.2, 0.25) is 0 Å². The fraction of sp³-hybridized carbons (Fsp3) is 0.176. The van der Waals surface area contributed by atoms with Gasteiger partial charge in [0.15, 0.2) is 5.13 Å². The first kappa shape index (κ1) is 17.0. The highest BCUT2D eigenvalue weighted by Gasteiger charge is 2.30. The topological polar surface area (TPSA) is 147 Å². The van der Waals surface area contributed by atoms with Crippen molar-refractivity contribution in [1.82, 2.24) is 20.3 Å². The molecule has 4 rings (SSSR count). The van der Waals surface area contributed by atoms with Gasteiger partial charge in [0.2, 0.25) is 5.91 Å². The van der Waals surface area contributed by atoms with Crippen molar-refractivity contribution in [3.63, 3.8) is 0 Å². The van der Waals surface area contributed by atoms with Gasteiger partial charge in [-0.2, -0.15) is 0 Å². The molecule has 9 nitrogen and oxygen atoms in total. The summed E-state index contributed by atoms with van der Waals surface area (Å²) in [5, 5.41) is 13.6. The lowest BCUT2D eigenvalue weighted by Gasteiger charge is -2.06. The van der Waals surface area contributed by atoms with Gasteiger partial charge in [0, 0.05) is 23.9 Å². The SMILES string of the molecule is N=C(NC(=O)c1ccc2nccnc2c1)c1sc(NC(=O)C2CC2)nc1N. The van der Waals surface area contributed by atoms with Crippen LogP contribution in [0.25, 0.3) is 11.0 Å². The number of thiazole rings is 1. The van der Waals surface area contributed by atoms with Crippen LogP contribution in [0.1, 0.15) is 28.1 Å². The van der Waals surface area contributed by atoms with Crippen molar-refractivity contribution in [2.24, 2.45) is 5.92 Å². The number of anilines is 2. The molecule has 0 aliphatic heterocycles.